The van der Waals surface area contributed by atoms with Crippen molar-refractivity contribution in [2.24, 2.45) is 0 Å². The number of halogens is 2. The predicted octanol–water partition coefficient (Wildman–Crippen LogP) is 4.31. The zero-order chi connectivity index (χ0) is 12.0. The minimum absolute atomic E-state index is 0.569. The van der Waals surface area contributed by atoms with Crippen molar-refractivity contribution < 1.29 is 0 Å². The maximum absolute atomic E-state index is 6.12. The lowest BCUT2D eigenvalue weighted by atomic mass is 10.0. The van der Waals surface area contributed by atoms with Gasteiger partial charge < -0.3 is 5.32 Å². The highest BCUT2D eigenvalue weighted by atomic mass is 35.5. The molecule has 0 aromatic heterocycles. The Morgan fingerprint density at radius 2 is 2.00 bits per heavy atom. The normalized spacial score (nSPS) is 12.8. The van der Waals surface area contributed by atoms with E-state index in [1.807, 2.05) is 25.2 Å². The highest BCUT2D eigenvalue weighted by molar-refractivity contribution is 6.33. The fraction of sp³-hybridized carbons (Fsp3) is 0.538. The molecule has 0 heterocycles. The molecule has 1 N–H and O–H groups in total. The highest BCUT2D eigenvalue weighted by Crippen LogP contribution is 2.22. The van der Waals surface area contributed by atoms with Gasteiger partial charge in [0.2, 0.25) is 0 Å². The second kappa shape index (κ2) is 7.16. The summed E-state index contributed by atoms with van der Waals surface area (Å²) in [5.41, 5.74) is 1.14. The van der Waals surface area contributed by atoms with Crippen LogP contribution in [0.5, 0.6) is 0 Å². The van der Waals surface area contributed by atoms with Gasteiger partial charge in [-0.05, 0) is 50.1 Å². The molecule has 0 aliphatic rings. The van der Waals surface area contributed by atoms with E-state index in [-0.39, 0.29) is 0 Å². The van der Waals surface area contributed by atoms with Crippen LogP contribution in [0.4, 0.5) is 0 Å². The zero-order valence-electron chi connectivity index (χ0n) is 9.89. The summed E-state index contributed by atoms with van der Waals surface area (Å²) in [7, 11) is 2.01. The molecule has 16 heavy (non-hydrogen) atoms. The highest BCUT2D eigenvalue weighted by Gasteiger charge is 2.07. The van der Waals surface area contributed by atoms with Gasteiger partial charge in [-0.1, -0.05) is 36.5 Å². The number of hydrogen-bond donors (Lipinski definition) is 1. The molecule has 0 fully saturated rings. The Balaban J connectivity index is 2.55. The Hall–Kier alpha value is -0.240. The third-order valence-electron chi connectivity index (χ3n) is 2.82. The van der Waals surface area contributed by atoms with Crippen molar-refractivity contribution in [2.45, 2.75) is 38.6 Å². The monoisotopic (exact) mass is 259 g/mol. The third-order valence-corrected chi connectivity index (χ3v) is 3.42. The van der Waals surface area contributed by atoms with Crippen molar-refractivity contribution in [1.29, 1.82) is 0 Å². The molecule has 0 spiro atoms. The van der Waals surface area contributed by atoms with Crippen LogP contribution in [0.3, 0.4) is 0 Å². The summed E-state index contributed by atoms with van der Waals surface area (Å²) in [5, 5.41) is 4.91. The average molecular weight is 260 g/mol. The summed E-state index contributed by atoms with van der Waals surface area (Å²) < 4.78 is 0. The molecule has 1 aromatic carbocycles. The number of nitrogens with one attached hydrogen (secondary N) is 1. The average Bonchev–Trinajstić information content (AvgIpc) is 2.28. The van der Waals surface area contributed by atoms with Crippen molar-refractivity contribution in [3.8, 4) is 0 Å². The number of rotatable bonds is 6. The van der Waals surface area contributed by atoms with Crippen LogP contribution in [-0.4, -0.2) is 13.1 Å². The van der Waals surface area contributed by atoms with E-state index < -0.39 is 0 Å². The summed E-state index contributed by atoms with van der Waals surface area (Å²) in [6, 6.07) is 6.23. The molecular formula is C13H19Cl2N. The van der Waals surface area contributed by atoms with Crippen LogP contribution in [0.15, 0.2) is 18.2 Å². The van der Waals surface area contributed by atoms with Gasteiger partial charge in [0.05, 0.1) is 0 Å². The fourth-order valence-corrected chi connectivity index (χ4v) is 2.25. The summed E-state index contributed by atoms with van der Waals surface area (Å²) in [5.74, 6) is 0. The lowest BCUT2D eigenvalue weighted by molar-refractivity contribution is 0.484. The van der Waals surface area contributed by atoms with Crippen LogP contribution in [-0.2, 0) is 6.42 Å². The summed E-state index contributed by atoms with van der Waals surface area (Å²) in [4.78, 5) is 0. The smallest absolute Gasteiger partial charge is 0.0439 e. The quantitative estimate of drug-likeness (QED) is 0.803. The predicted molar refractivity (Wildman–Crippen MR) is 72.5 cm³/mol. The van der Waals surface area contributed by atoms with E-state index >= 15 is 0 Å². The minimum atomic E-state index is 0.569. The van der Waals surface area contributed by atoms with Crippen LogP contribution >= 0.6 is 23.2 Å². The second-order valence-corrected chi connectivity index (χ2v) is 4.89. The second-order valence-electron chi connectivity index (χ2n) is 4.05. The van der Waals surface area contributed by atoms with Gasteiger partial charge in [-0.15, -0.1) is 0 Å². The van der Waals surface area contributed by atoms with E-state index in [4.69, 9.17) is 23.2 Å². The van der Waals surface area contributed by atoms with Crippen molar-refractivity contribution >= 4 is 23.2 Å². The Morgan fingerprint density at radius 1 is 1.25 bits per heavy atom. The standard InChI is InChI=1S/C13H19Cl2N/c1-3-4-12(16-2)7-5-10-9-11(14)6-8-13(10)15/h6,8-9,12,16H,3-5,7H2,1-2H3. The molecule has 1 unspecified atom stereocenters. The van der Waals surface area contributed by atoms with Gasteiger partial charge in [-0.25, -0.2) is 0 Å². The van der Waals surface area contributed by atoms with Crippen LogP contribution < -0.4 is 5.32 Å². The van der Waals surface area contributed by atoms with Crippen molar-refractivity contribution in [2.75, 3.05) is 7.05 Å². The van der Waals surface area contributed by atoms with Gasteiger partial charge in [0.1, 0.15) is 0 Å². The Bertz CT molecular complexity index is 326. The largest absolute Gasteiger partial charge is 0.317 e. The van der Waals surface area contributed by atoms with Crippen LogP contribution in [0.25, 0.3) is 0 Å². The maximum Gasteiger partial charge on any atom is 0.0439 e. The van der Waals surface area contributed by atoms with E-state index in [1.165, 1.54) is 12.8 Å². The Kier molecular flexibility index (Phi) is 6.18. The van der Waals surface area contributed by atoms with E-state index in [9.17, 15) is 0 Å². The minimum Gasteiger partial charge on any atom is -0.317 e. The molecule has 1 aromatic rings. The first-order valence-electron chi connectivity index (χ1n) is 5.78. The van der Waals surface area contributed by atoms with Gasteiger partial charge in [0.15, 0.2) is 0 Å². The first-order valence-corrected chi connectivity index (χ1v) is 6.54. The Labute approximate surface area is 108 Å². The van der Waals surface area contributed by atoms with Crippen molar-refractivity contribution in [1.82, 2.24) is 5.32 Å². The lowest BCUT2D eigenvalue weighted by Crippen LogP contribution is -2.25. The number of hydrogen-bond acceptors (Lipinski definition) is 1. The molecule has 0 saturated heterocycles. The van der Waals surface area contributed by atoms with Crippen molar-refractivity contribution in [3.05, 3.63) is 33.8 Å². The van der Waals surface area contributed by atoms with Gasteiger partial charge in [0.25, 0.3) is 0 Å². The molecule has 90 valence electrons. The third kappa shape index (κ3) is 4.32. The topological polar surface area (TPSA) is 12.0 Å². The molecule has 0 saturated carbocycles. The summed E-state index contributed by atoms with van der Waals surface area (Å²) >= 11 is 12.1. The molecular weight excluding hydrogens is 241 g/mol. The van der Waals surface area contributed by atoms with Crippen LogP contribution in [0.1, 0.15) is 31.7 Å². The van der Waals surface area contributed by atoms with Gasteiger partial charge in [-0.3, -0.25) is 0 Å². The summed E-state index contributed by atoms with van der Waals surface area (Å²) in [6.07, 6.45) is 4.48. The first-order chi connectivity index (χ1) is 7.67. The molecule has 0 amide bonds. The fourth-order valence-electron chi connectivity index (χ4n) is 1.85. The lowest BCUT2D eigenvalue weighted by Gasteiger charge is -2.15. The van der Waals surface area contributed by atoms with E-state index in [1.54, 1.807) is 0 Å². The number of benzene rings is 1. The van der Waals surface area contributed by atoms with E-state index in [0.717, 1.165) is 28.5 Å². The van der Waals surface area contributed by atoms with Crippen LogP contribution in [0, 0.1) is 0 Å². The Morgan fingerprint density at radius 3 is 2.62 bits per heavy atom. The number of aryl methyl sites for hydroxylation is 1. The molecule has 0 radical (unpaired) electrons. The van der Waals surface area contributed by atoms with Gasteiger partial charge in [-0.2, -0.15) is 0 Å². The van der Waals surface area contributed by atoms with E-state index in [0.29, 0.717) is 6.04 Å². The van der Waals surface area contributed by atoms with Gasteiger partial charge >= 0.3 is 0 Å². The van der Waals surface area contributed by atoms with E-state index in [2.05, 4.69) is 12.2 Å². The SMILES string of the molecule is CCCC(CCc1cc(Cl)ccc1Cl)NC. The van der Waals surface area contributed by atoms with Crippen LogP contribution in [0.2, 0.25) is 10.0 Å². The molecule has 1 nitrogen and oxygen atoms in total. The molecule has 1 atom stereocenters. The molecule has 0 bridgehead atoms. The zero-order valence-corrected chi connectivity index (χ0v) is 11.4. The molecule has 0 aliphatic heterocycles. The molecule has 0 aliphatic carbocycles. The summed E-state index contributed by atoms with van der Waals surface area (Å²) in [6.45, 7) is 2.21. The van der Waals surface area contributed by atoms with Crippen molar-refractivity contribution in [3.63, 3.8) is 0 Å². The first kappa shape index (κ1) is 13.8. The molecule has 3 heteroatoms. The maximum atomic E-state index is 6.12. The van der Waals surface area contributed by atoms with Gasteiger partial charge in [0, 0.05) is 16.1 Å². The molecule has 1 rings (SSSR count).